The molecule has 0 spiro atoms. The molecule has 0 aliphatic carbocycles. The molecule has 1 aliphatic rings. The van der Waals surface area contributed by atoms with E-state index in [4.69, 9.17) is 15.6 Å². The number of nitrogens with two attached hydrogens (primary N) is 1. The van der Waals surface area contributed by atoms with Gasteiger partial charge < -0.3 is 15.4 Å². The molecule has 186 valence electrons. The van der Waals surface area contributed by atoms with Crippen molar-refractivity contribution in [1.29, 1.82) is 0 Å². The van der Waals surface area contributed by atoms with Crippen LogP contribution in [0.3, 0.4) is 0 Å². The molecule has 0 radical (unpaired) electrons. The number of rotatable bonds is 5. The van der Waals surface area contributed by atoms with Crippen LogP contribution in [0.5, 0.6) is 11.5 Å². The van der Waals surface area contributed by atoms with E-state index in [9.17, 15) is 4.79 Å². The molecule has 2 N–H and O–H groups in total. The second-order valence-corrected chi connectivity index (χ2v) is 8.89. The maximum atomic E-state index is 13.1. The standard InChI is InChI=1S/C26H25N9O2/c27-24-22-23(18-9-11-21(12-10-18)37-20-7-2-1-3-8-20)32-34(25(22)30-16-29-24)14-19-6-4-5-13-33(19)26(36)35-17-28-15-31-35/h1-3,7-12,15-17,19H,4-6,13-14H2,(H2,27,29,30). The second-order valence-electron chi connectivity index (χ2n) is 8.89. The molecule has 5 aromatic rings. The smallest absolute Gasteiger partial charge is 0.346 e. The Hall–Kier alpha value is -4.80. The van der Waals surface area contributed by atoms with Crippen LogP contribution >= 0.6 is 0 Å². The summed E-state index contributed by atoms with van der Waals surface area (Å²) < 4.78 is 9.02. The van der Waals surface area contributed by atoms with E-state index in [1.165, 1.54) is 23.7 Å². The molecule has 0 bridgehead atoms. The van der Waals surface area contributed by atoms with Gasteiger partial charge in [-0.25, -0.2) is 24.4 Å². The van der Waals surface area contributed by atoms with E-state index >= 15 is 0 Å². The van der Waals surface area contributed by atoms with Gasteiger partial charge in [0, 0.05) is 12.1 Å². The van der Waals surface area contributed by atoms with Gasteiger partial charge in [0.1, 0.15) is 42.0 Å². The molecule has 1 amide bonds. The van der Waals surface area contributed by atoms with Crippen molar-refractivity contribution in [2.24, 2.45) is 0 Å². The van der Waals surface area contributed by atoms with Crippen molar-refractivity contribution in [3.63, 3.8) is 0 Å². The lowest BCUT2D eigenvalue weighted by Gasteiger charge is -2.35. The fourth-order valence-electron chi connectivity index (χ4n) is 4.75. The van der Waals surface area contributed by atoms with E-state index in [0.717, 1.165) is 30.6 Å². The summed E-state index contributed by atoms with van der Waals surface area (Å²) in [5.74, 6) is 1.84. The number of amides is 1. The summed E-state index contributed by atoms with van der Waals surface area (Å²) in [6.07, 6.45) is 7.04. The fourth-order valence-corrected chi connectivity index (χ4v) is 4.75. The van der Waals surface area contributed by atoms with Crippen molar-refractivity contribution >= 4 is 22.9 Å². The molecule has 1 fully saturated rings. The van der Waals surface area contributed by atoms with Gasteiger partial charge in [-0.05, 0) is 55.7 Å². The van der Waals surface area contributed by atoms with Crippen molar-refractivity contribution in [3.05, 3.63) is 73.6 Å². The Bertz CT molecular complexity index is 1520. The van der Waals surface area contributed by atoms with Gasteiger partial charge in [0.2, 0.25) is 0 Å². The molecule has 1 saturated heterocycles. The third-order valence-corrected chi connectivity index (χ3v) is 6.54. The lowest BCUT2D eigenvalue weighted by Crippen LogP contribution is -2.47. The summed E-state index contributed by atoms with van der Waals surface area (Å²) in [6, 6.07) is 17.0. The molecule has 1 atom stereocenters. The van der Waals surface area contributed by atoms with Gasteiger partial charge in [-0.2, -0.15) is 14.9 Å². The monoisotopic (exact) mass is 495 g/mol. The van der Waals surface area contributed by atoms with Crippen LogP contribution in [0.1, 0.15) is 19.3 Å². The summed E-state index contributed by atoms with van der Waals surface area (Å²) in [4.78, 5) is 27.5. The van der Waals surface area contributed by atoms with Gasteiger partial charge in [-0.15, -0.1) is 0 Å². The summed E-state index contributed by atoms with van der Waals surface area (Å²) in [5, 5.41) is 9.61. The molecule has 1 aliphatic heterocycles. The number of nitrogens with zero attached hydrogens (tertiary/aromatic N) is 8. The molecule has 37 heavy (non-hydrogen) atoms. The maximum Gasteiger partial charge on any atom is 0.346 e. The summed E-state index contributed by atoms with van der Waals surface area (Å²) in [6.45, 7) is 1.12. The Morgan fingerprint density at radius 2 is 1.81 bits per heavy atom. The number of likely N-dealkylation sites (tertiary alicyclic amines) is 1. The molecular formula is C26H25N9O2. The number of carbonyl (C=O) groups excluding carboxylic acids is 1. The Balaban J connectivity index is 1.31. The van der Waals surface area contributed by atoms with Gasteiger partial charge in [0.15, 0.2) is 5.65 Å². The van der Waals surface area contributed by atoms with Gasteiger partial charge in [-0.1, -0.05) is 18.2 Å². The summed E-state index contributed by atoms with van der Waals surface area (Å²) in [5.41, 5.74) is 8.48. The fraction of sp³-hybridized carbons (Fsp3) is 0.231. The minimum Gasteiger partial charge on any atom is -0.457 e. The Labute approximate surface area is 212 Å². The third-order valence-electron chi connectivity index (χ3n) is 6.54. The predicted molar refractivity (Wildman–Crippen MR) is 137 cm³/mol. The first-order valence-corrected chi connectivity index (χ1v) is 12.1. The molecular weight excluding hydrogens is 470 g/mol. The van der Waals surface area contributed by atoms with Crippen molar-refractivity contribution in [2.45, 2.75) is 31.8 Å². The van der Waals surface area contributed by atoms with Crippen molar-refractivity contribution in [2.75, 3.05) is 12.3 Å². The topological polar surface area (TPSA) is 130 Å². The molecule has 3 aromatic heterocycles. The number of nitrogen functional groups attached to an aromatic ring is 1. The van der Waals surface area contributed by atoms with Crippen LogP contribution in [0.25, 0.3) is 22.3 Å². The van der Waals surface area contributed by atoms with Gasteiger partial charge in [0.05, 0.1) is 18.0 Å². The zero-order chi connectivity index (χ0) is 25.2. The van der Waals surface area contributed by atoms with E-state index in [-0.39, 0.29) is 12.1 Å². The molecule has 1 unspecified atom stereocenters. The third kappa shape index (κ3) is 4.46. The van der Waals surface area contributed by atoms with Crippen LogP contribution in [0, 0.1) is 0 Å². The number of para-hydroxylation sites is 1. The van der Waals surface area contributed by atoms with Crippen molar-refractivity contribution < 1.29 is 9.53 Å². The van der Waals surface area contributed by atoms with Crippen LogP contribution in [-0.2, 0) is 6.54 Å². The lowest BCUT2D eigenvalue weighted by atomic mass is 10.0. The summed E-state index contributed by atoms with van der Waals surface area (Å²) >= 11 is 0. The number of piperidine rings is 1. The average Bonchev–Trinajstić information content (AvgIpc) is 3.60. The van der Waals surface area contributed by atoms with E-state index < -0.39 is 0 Å². The van der Waals surface area contributed by atoms with Crippen molar-refractivity contribution in [3.8, 4) is 22.8 Å². The lowest BCUT2D eigenvalue weighted by molar-refractivity contribution is 0.139. The quantitative estimate of drug-likeness (QED) is 0.387. The number of ether oxygens (including phenoxy) is 1. The van der Waals surface area contributed by atoms with Crippen LogP contribution in [0.15, 0.2) is 73.6 Å². The van der Waals surface area contributed by atoms with Crippen LogP contribution < -0.4 is 10.5 Å². The maximum absolute atomic E-state index is 13.1. The van der Waals surface area contributed by atoms with Crippen LogP contribution in [0.4, 0.5) is 10.6 Å². The summed E-state index contributed by atoms with van der Waals surface area (Å²) in [7, 11) is 0. The van der Waals surface area contributed by atoms with Gasteiger partial charge >= 0.3 is 6.03 Å². The Morgan fingerprint density at radius 1 is 1.00 bits per heavy atom. The molecule has 2 aromatic carbocycles. The normalized spacial score (nSPS) is 15.7. The predicted octanol–water partition coefficient (Wildman–Crippen LogP) is 3.98. The van der Waals surface area contributed by atoms with Gasteiger partial charge in [-0.3, -0.25) is 0 Å². The van der Waals surface area contributed by atoms with Gasteiger partial charge in [0.25, 0.3) is 0 Å². The molecule has 11 heteroatoms. The molecule has 0 saturated carbocycles. The first-order valence-electron chi connectivity index (χ1n) is 12.1. The first kappa shape index (κ1) is 22.7. The SMILES string of the molecule is Nc1ncnc2c1c(-c1ccc(Oc3ccccc3)cc1)nn2CC1CCCCN1C(=O)n1cncn1. The number of hydrogen-bond acceptors (Lipinski definition) is 8. The van der Waals surface area contributed by atoms with E-state index in [1.54, 1.807) is 0 Å². The molecule has 6 rings (SSSR count). The van der Waals surface area contributed by atoms with Crippen LogP contribution in [0.2, 0.25) is 0 Å². The minimum atomic E-state index is -0.193. The Kier molecular flexibility index (Phi) is 5.93. The van der Waals surface area contributed by atoms with E-state index in [2.05, 4.69) is 20.1 Å². The highest BCUT2D eigenvalue weighted by atomic mass is 16.5. The largest absolute Gasteiger partial charge is 0.457 e. The first-order chi connectivity index (χ1) is 18.2. The Morgan fingerprint density at radius 3 is 2.59 bits per heavy atom. The number of anilines is 1. The highest BCUT2D eigenvalue weighted by molar-refractivity contribution is 5.98. The van der Waals surface area contributed by atoms with E-state index in [0.29, 0.717) is 41.4 Å². The molecule has 4 heterocycles. The highest BCUT2D eigenvalue weighted by Crippen LogP contribution is 2.32. The zero-order valence-electron chi connectivity index (χ0n) is 20.0. The second kappa shape index (κ2) is 9.69. The van der Waals surface area contributed by atoms with E-state index in [1.807, 2.05) is 64.2 Å². The number of carbonyl (C=O) groups is 1. The average molecular weight is 496 g/mol. The number of hydrogen-bond donors (Lipinski definition) is 1. The number of fused-ring (bicyclic) bond motifs is 1. The number of aromatic nitrogens is 7. The van der Waals surface area contributed by atoms with Crippen LogP contribution in [-0.4, -0.2) is 58.0 Å². The molecule has 11 nitrogen and oxygen atoms in total. The van der Waals surface area contributed by atoms with Crippen molar-refractivity contribution in [1.82, 2.24) is 39.4 Å². The number of benzene rings is 2. The highest BCUT2D eigenvalue weighted by Gasteiger charge is 2.30. The minimum absolute atomic E-state index is 0.0701. The zero-order valence-corrected chi connectivity index (χ0v) is 20.0.